The van der Waals surface area contributed by atoms with Crippen molar-refractivity contribution in [1.82, 2.24) is 4.90 Å². The molecule has 0 aromatic heterocycles. The van der Waals surface area contributed by atoms with E-state index in [-0.39, 0.29) is 11.8 Å². The number of hydrogen-bond donors (Lipinski definition) is 1. The van der Waals surface area contributed by atoms with Gasteiger partial charge in [0.05, 0.1) is 0 Å². The Bertz CT molecular complexity index is 884. The van der Waals surface area contributed by atoms with E-state index in [1.165, 1.54) is 6.08 Å². The molecule has 158 valence electrons. The summed E-state index contributed by atoms with van der Waals surface area (Å²) in [5.41, 5.74) is 2.76. The second kappa shape index (κ2) is 10.3. The van der Waals surface area contributed by atoms with Gasteiger partial charge in [-0.1, -0.05) is 37.6 Å². The number of benzene rings is 2. The molecule has 1 N–H and O–H groups in total. The van der Waals surface area contributed by atoms with Crippen LogP contribution >= 0.6 is 11.6 Å². The molecule has 2 aromatic rings. The van der Waals surface area contributed by atoms with Crippen molar-refractivity contribution >= 4 is 40.9 Å². The van der Waals surface area contributed by atoms with Gasteiger partial charge in [-0.2, -0.15) is 0 Å². The maximum atomic E-state index is 12.2. The van der Waals surface area contributed by atoms with Crippen LogP contribution in [0.15, 0.2) is 54.6 Å². The van der Waals surface area contributed by atoms with Crippen molar-refractivity contribution in [3.05, 3.63) is 65.2 Å². The van der Waals surface area contributed by atoms with Gasteiger partial charge >= 0.3 is 0 Å². The molecule has 30 heavy (non-hydrogen) atoms. The molecule has 1 heterocycles. The molecule has 0 unspecified atom stereocenters. The highest BCUT2D eigenvalue weighted by Crippen LogP contribution is 2.20. The Morgan fingerprint density at radius 2 is 1.63 bits per heavy atom. The standard InChI is InChI=1S/C24H28ClN3O2/c1-18(2)17-24(30)28-15-13-27(14-16-28)22-10-8-21(9-11-22)26-23(29)12-5-19-3-6-20(25)7-4-19/h3-12,18H,13-17H2,1-2H3,(H,26,29)/b12-5+. The third-order valence-corrected chi connectivity index (χ3v) is 5.26. The van der Waals surface area contributed by atoms with Crippen LogP contribution in [0.2, 0.25) is 5.02 Å². The van der Waals surface area contributed by atoms with Gasteiger partial charge in [-0.15, -0.1) is 0 Å². The molecule has 1 saturated heterocycles. The lowest BCUT2D eigenvalue weighted by Gasteiger charge is -2.36. The quantitative estimate of drug-likeness (QED) is 0.683. The fourth-order valence-electron chi connectivity index (χ4n) is 3.38. The highest BCUT2D eigenvalue weighted by molar-refractivity contribution is 6.30. The number of amides is 2. The third-order valence-electron chi connectivity index (χ3n) is 5.01. The first kappa shape index (κ1) is 21.9. The molecular weight excluding hydrogens is 398 g/mol. The zero-order valence-electron chi connectivity index (χ0n) is 17.5. The molecule has 0 bridgehead atoms. The molecule has 1 aliphatic rings. The van der Waals surface area contributed by atoms with Crippen molar-refractivity contribution < 1.29 is 9.59 Å². The van der Waals surface area contributed by atoms with Crippen LogP contribution in [0.25, 0.3) is 6.08 Å². The van der Waals surface area contributed by atoms with E-state index in [0.29, 0.717) is 17.4 Å². The van der Waals surface area contributed by atoms with Gasteiger partial charge in [0.2, 0.25) is 11.8 Å². The van der Waals surface area contributed by atoms with E-state index in [1.54, 1.807) is 18.2 Å². The van der Waals surface area contributed by atoms with Crippen LogP contribution in [0, 0.1) is 5.92 Å². The number of rotatable bonds is 6. The molecule has 6 heteroatoms. The summed E-state index contributed by atoms with van der Waals surface area (Å²) >= 11 is 5.87. The third kappa shape index (κ3) is 6.36. The van der Waals surface area contributed by atoms with Crippen LogP contribution in [0.1, 0.15) is 25.8 Å². The van der Waals surface area contributed by atoms with E-state index >= 15 is 0 Å². The fourth-order valence-corrected chi connectivity index (χ4v) is 3.50. The minimum atomic E-state index is -0.185. The first-order chi connectivity index (χ1) is 14.4. The fraction of sp³-hybridized carbons (Fsp3) is 0.333. The number of anilines is 2. The van der Waals surface area contributed by atoms with Crippen LogP contribution in [-0.4, -0.2) is 42.9 Å². The van der Waals surface area contributed by atoms with Gasteiger partial charge in [0, 0.05) is 55.1 Å². The SMILES string of the molecule is CC(C)CC(=O)N1CCN(c2ccc(NC(=O)/C=C/c3ccc(Cl)cc3)cc2)CC1. The minimum Gasteiger partial charge on any atom is -0.368 e. The zero-order chi connectivity index (χ0) is 21.5. The van der Waals surface area contributed by atoms with Gasteiger partial charge in [-0.25, -0.2) is 0 Å². The van der Waals surface area contributed by atoms with Gasteiger partial charge in [0.25, 0.3) is 0 Å². The Morgan fingerprint density at radius 3 is 2.23 bits per heavy atom. The van der Waals surface area contributed by atoms with E-state index in [1.807, 2.05) is 41.3 Å². The molecule has 0 radical (unpaired) electrons. The average Bonchev–Trinajstić information content (AvgIpc) is 2.73. The molecule has 0 atom stereocenters. The summed E-state index contributed by atoms with van der Waals surface area (Å²) in [7, 11) is 0. The lowest BCUT2D eigenvalue weighted by molar-refractivity contribution is -0.132. The highest BCUT2D eigenvalue weighted by Gasteiger charge is 2.21. The van der Waals surface area contributed by atoms with E-state index < -0.39 is 0 Å². The van der Waals surface area contributed by atoms with Crippen molar-refractivity contribution in [2.24, 2.45) is 5.92 Å². The molecule has 0 aliphatic carbocycles. The van der Waals surface area contributed by atoms with Crippen molar-refractivity contribution in [3.63, 3.8) is 0 Å². The first-order valence-electron chi connectivity index (χ1n) is 10.3. The maximum absolute atomic E-state index is 12.2. The van der Waals surface area contributed by atoms with Gasteiger partial charge in [-0.05, 0) is 54.0 Å². The predicted octanol–water partition coefficient (Wildman–Crippen LogP) is 4.69. The predicted molar refractivity (Wildman–Crippen MR) is 124 cm³/mol. The maximum Gasteiger partial charge on any atom is 0.248 e. The molecule has 3 rings (SSSR count). The number of nitrogens with one attached hydrogen (secondary N) is 1. The number of carbonyl (C=O) groups excluding carboxylic acids is 2. The molecule has 0 spiro atoms. The van der Waals surface area contributed by atoms with Crippen LogP contribution in [0.5, 0.6) is 0 Å². The zero-order valence-corrected chi connectivity index (χ0v) is 18.2. The molecule has 1 fully saturated rings. The van der Waals surface area contributed by atoms with Crippen LogP contribution in [0.4, 0.5) is 11.4 Å². The van der Waals surface area contributed by atoms with Gasteiger partial charge in [0.1, 0.15) is 0 Å². The Labute approximate surface area is 183 Å². The molecule has 2 aromatic carbocycles. The lowest BCUT2D eigenvalue weighted by atomic mass is 10.1. The number of halogens is 1. The largest absolute Gasteiger partial charge is 0.368 e. The Morgan fingerprint density at radius 1 is 1.00 bits per heavy atom. The average molecular weight is 426 g/mol. The van der Waals surface area contributed by atoms with Crippen molar-refractivity contribution in [1.29, 1.82) is 0 Å². The normalized spacial score (nSPS) is 14.4. The van der Waals surface area contributed by atoms with E-state index in [2.05, 4.69) is 24.1 Å². The summed E-state index contributed by atoms with van der Waals surface area (Å²) in [4.78, 5) is 28.6. The van der Waals surface area contributed by atoms with E-state index in [0.717, 1.165) is 43.1 Å². The van der Waals surface area contributed by atoms with Gasteiger partial charge in [-0.3, -0.25) is 9.59 Å². The van der Waals surface area contributed by atoms with Crippen molar-refractivity contribution in [2.75, 3.05) is 36.4 Å². The summed E-state index contributed by atoms with van der Waals surface area (Å²) in [6, 6.07) is 15.1. The number of hydrogen-bond acceptors (Lipinski definition) is 3. The van der Waals surface area contributed by atoms with Gasteiger partial charge < -0.3 is 15.1 Å². The van der Waals surface area contributed by atoms with Gasteiger partial charge in [0.15, 0.2) is 0 Å². The second-order valence-corrected chi connectivity index (χ2v) is 8.32. The smallest absolute Gasteiger partial charge is 0.248 e. The topological polar surface area (TPSA) is 52.7 Å². The number of nitrogens with zero attached hydrogens (tertiary/aromatic N) is 2. The molecule has 2 amide bonds. The van der Waals surface area contributed by atoms with Crippen LogP contribution in [0.3, 0.4) is 0 Å². The first-order valence-corrected chi connectivity index (χ1v) is 10.7. The molecule has 1 aliphatic heterocycles. The second-order valence-electron chi connectivity index (χ2n) is 7.89. The Kier molecular flexibility index (Phi) is 7.52. The number of piperazine rings is 1. The summed E-state index contributed by atoms with van der Waals surface area (Å²) in [5.74, 6) is 0.448. The Balaban J connectivity index is 1.50. The number of carbonyl (C=O) groups is 2. The van der Waals surface area contributed by atoms with Crippen molar-refractivity contribution in [3.8, 4) is 0 Å². The minimum absolute atomic E-state index is 0.185. The van der Waals surface area contributed by atoms with Crippen molar-refractivity contribution in [2.45, 2.75) is 20.3 Å². The monoisotopic (exact) mass is 425 g/mol. The Hall–Kier alpha value is -2.79. The summed E-state index contributed by atoms with van der Waals surface area (Å²) in [6.07, 6.45) is 3.87. The van der Waals surface area contributed by atoms with E-state index in [9.17, 15) is 9.59 Å². The summed E-state index contributed by atoms with van der Waals surface area (Å²) in [5, 5.41) is 3.54. The molecule has 5 nitrogen and oxygen atoms in total. The van der Waals surface area contributed by atoms with E-state index in [4.69, 9.17) is 11.6 Å². The van der Waals surface area contributed by atoms with Crippen LogP contribution < -0.4 is 10.2 Å². The lowest BCUT2D eigenvalue weighted by Crippen LogP contribution is -2.49. The highest BCUT2D eigenvalue weighted by atomic mass is 35.5. The summed E-state index contributed by atoms with van der Waals surface area (Å²) in [6.45, 7) is 7.28. The van der Waals surface area contributed by atoms with Crippen LogP contribution in [-0.2, 0) is 9.59 Å². The molecular formula is C24H28ClN3O2. The summed E-state index contributed by atoms with van der Waals surface area (Å²) < 4.78 is 0. The molecule has 0 saturated carbocycles.